The molecule has 0 aromatic heterocycles. The molecule has 0 unspecified atom stereocenters. The molecule has 2 aromatic rings. The van der Waals surface area contributed by atoms with Crippen molar-refractivity contribution in [3.63, 3.8) is 0 Å². The minimum atomic E-state index is -0.124. The van der Waals surface area contributed by atoms with Crippen LogP contribution in [0.1, 0.15) is 49.3 Å². The Kier molecular flexibility index (Phi) is 5.19. The van der Waals surface area contributed by atoms with E-state index in [1.807, 2.05) is 24.3 Å². The third kappa shape index (κ3) is 3.97. The predicted octanol–water partition coefficient (Wildman–Crippen LogP) is 4.71. The van der Waals surface area contributed by atoms with Crippen molar-refractivity contribution in [2.24, 2.45) is 0 Å². The second kappa shape index (κ2) is 7.52. The van der Waals surface area contributed by atoms with Crippen molar-refractivity contribution in [2.45, 2.75) is 45.4 Å². The van der Waals surface area contributed by atoms with E-state index in [0.717, 1.165) is 24.3 Å². The van der Waals surface area contributed by atoms with Crippen LogP contribution in [0.3, 0.4) is 0 Å². The van der Waals surface area contributed by atoms with Crippen molar-refractivity contribution in [1.29, 1.82) is 0 Å². The Hall–Kier alpha value is -2.29. The Labute approximate surface area is 144 Å². The maximum absolute atomic E-state index is 12.1. The van der Waals surface area contributed by atoms with Gasteiger partial charge in [0.05, 0.1) is 0 Å². The second-order valence-electron chi connectivity index (χ2n) is 6.71. The summed E-state index contributed by atoms with van der Waals surface area (Å²) in [6, 6.07) is 14.1. The SMILES string of the molecule is CC(C)c1ccc(NC(=O)COc2cccc3c2CCCC3)cc1. The highest BCUT2D eigenvalue weighted by Crippen LogP contribution is 2.29. The van der Waals surface area contributed by atoms with Gasteiger partial charge in [-0.2, -0.15) is 0 Å². The molecule has 3 heteroatoms. The fourth-order valence-electron chi connectivity index (χ4n) is 3.17. The molecule has 0 radical (unpaired) electrons. The van der Waals surface area contributed by atoms with Gasteiger partial charge >= 0.3 is 0 Å². The third-order valence-corrected chi connectivity index (χ3v) is 4.57. The number of fused-ring (bicyclic) bond motifs is 1. The molecule has 1 aliphatic carbocycles. The topological polar surface area (TPSA) is 38.3 Å². The Morgan fingerprint density at radius 2 is 1.83 bits per heavy atom. The minimum Gasteiger partial charge on any atom is -0.483 e. The fourth-order valence-corrected chi connectivity index (χ4v) is 3.17. The third-order valence-electron chi connectivity index (χ3n) is 4.57. The smallest absolute Gasteiger partial charge is 0.262 e. The molecule has 0 saturated heterocycles. The van der Waals surface area contributed by atoms with Crippen LogP contribution in [0.25, 0.3) is 0 Å². The average molecular weight is 323 g/mol. The first kappa shape index (κ1) is 16.6. The molecule has 1 aliphatic rings. The zero-order valence-electron chi connectivity index (χ0n) is 14.5. The molecule has 0 fully saturated rings. The first-order valence-corrected chi connectivity index (χ1v) is 8.77. The maximum Gasteiger partial charge on any atom is 0.262 e. The molecule has 0 bridgehead atoms. The van der Waals surface area contributed by atoms with Crippen LogP contribution in [-0.2, 0) is 17.6 Å². The molecule has 126 valence electrons. The van der Waals surface area contributed by atoms with Gasteiger partial charge in [-0.05, 0) is 66.5 Å². The molecule has 0 spiro atoms. The molecule has 1 amide bonds. The van der Waals surface area contributed by atoms with Gasteiger partial charge in [-0.3, -0.25) is 4.79 Å². The van der Waals surface area contributed by atoms with Gasteiger partial charge in [-0.1, -0.05) is 38.1 Å². The van der Waals surface area contributed by atoms with E-state index in [9.17, 15) is 4.79 Å². The number of carbonyl (C=O) groups is 1. The lowest BCUT2D eigenvalue weighted by molar-refractivity contribution is -0.118. The fraction of sp³-hybridized carbons (Fsp3) is 0.381. The number of rotatable bonds is 5. The molecule has 0 atom stereocenters. The van der Waals surface area contributed by atoms with Gasteiger partial charge in [-0.15, -0.1) is 0 Å². The summed E-state index contributed by atoms with van der Waals surface area (Å²) in [5.74, 6) is 1.22. The summed E-state index contributed by atoms with van der Waals surface area (Å²) < 4.78 is 5.79. The van der Waals surface area contributed by atoms with E-state index < -0.39 is 0 Å². The van der Waals surface area contributed by atoms with Gasteiger partial charge in [0.1, 0.15) is 5.75 Å². The van der Waals surface area contributed by atoms with E-state index in [-0.39, 0.29) is 12.5 Å². The predicted molar refractivity (Wildman–Crippen MR) is 97.7 cm³/mol. The summed E-state index contributed by atoms with van der Waals surface area (Å²) in [4.78, 5) is 12.1. The molecule has 2 aromatic carbocycles. The van der Waals surface area contributed by atoms with Crippen molar-refractivity contribution in [3.8, 4) is 5.75 Å². The summed E-state index contributed by atoms with van der Waals surface area (Å²) in [5, 5.41) is 2.89. The molecule has 1 N–H and O–H groups in total. The first-order valence-electron chi connectivity index (χ1n) is 8.77. The van der Waals surface area contributed by atoms with Crippen LogP contribution in [0.2, 0.25) is 0 Å². The number of ether oxygens (including phenoxy) is 1. The van der Waals surface area contributed by atoms with Crippen molar-refractivity contribution in [2.75, 3.05) is 11.9 Å². The number of hydrogen-bond acceptors (Lipinski definition) is 2. The lowest BCUT2D eigenvalue weighted by atomic mass is 9.91. The number of aryl methyl sites for hydroxylation is 1. The van der Waals surface area contributed by atoms with Crippen molar-refractivity contribution < 1.29 is 9.53 Å². The Morgan fingerprint density at radius 1 is 1.08 bits per heavy atom. The Morgan fingerprint density at radius 3 is 2.58 bits per heavy atom. The Balaban J connectivity index is 1.58. The van der Waals surface area contributed by atoms with Crippen LogP contribution in [-0.4, -0.2) is 12.5 Å². The van der Waals surface area contributed by atoms with Crippen molar-refractivity contribution in [3.05, 3.63) is 59.2 Å². The van der Waals surface area contributed by atoms with Crippen LogP contribution in [0.5, 0.6) is 5.75 Å². The van der Waals surface area contributed by atoms with Crippen LogP contribution in [0.15, 0.2) is 42.5 Å². The number of benzene rings is 2. The van der Waals surface area contributed by atoms with E-state index >= 15 is 0 Å². The van der Waals surface area contributed by atoms with Crippen molar-refractivity contribution >= 4 is 11.6 Å². The maximum atomic E-state index is 12.1. The van der Waals surface area contributed by atoms with Crippen LogP contribution in [0.4, 0.5) is 5.69 Å². The zero-order valence-corrected chi connectivity index (χ0v) is 14.5. The van der Waals surface area contributed by atoms with Gasteiger partial charge in [0, 0.05) is 5.69 Å². The van der Waals surface area contributed by atoms with Gasteiger partial charge < -0.3 is 10.1 Å². The highest BCUT2D eigenvalue weighted by atomic mass is 16.5. The van der Waals surface area contributed by atoms with E-state index in [2.05, 4.69) is 37.4 Å². The molecular formula is C21H25NO2. The molecule has 3 nitrogen and oxygen atoms in total. The lowest BCUT2D eigenvalue weighted by Crippen LogP contribution is -2.21. The van der Waals surface area contributed by atoms with E-state index in [1.165, 1.54) is 29.5 Å². The van der Waals surface area contributed by atoms with Gasteiger partial charge in [0.2, 0.25) is 0 Å². The summed E-state index contributed by atoms with van der Waals surface area (Å²) in [6.07, 6.45) is 4.59. The van der Waals surface area contributed by atoms with Gasteiger partial charge in [0.25, 0.3) is 5.91 Å². The summed E-state index contributed by atoms with van der Waals surface area (Å²) in [7, 11) is 0. The molecule has 24 heavy (non-hydrogen) atoms. The molecule has 0 saturated carbocycles. The highest BCUT2D eigenvalue weighted by molar-refractivity contribution is 5.91. The van der Waals surface area contributed by atoms with Gasteiger partial charge in [0.15, 0.2) is 6.61 Å². The summed E-state index contributed by atoms with van der Waals surface area (Å²) in [6.45, 7) is 4.35. The Bertz CT molecular complexity index is 704. The van der Waals surface area contributed by atoms with Crippen LogP contribution < -0.4 is 10.1 Å². The normalized spacial score (nSPS) is 13.5. The summed E-state index contributed by atoms with van der Waals surface area (Å²) >= 11 is 0. The minimum absolute atomic E-state index is 0.0440. The standard InChI is InChI=1S/C21H25NO2/c1-15(2)16-10-12-18(13-11-16)22-21(23)14-24-20-9-5-7-17-6-3-4-8-19(17)20/h5,7,9-13,15H,3-4,6,8,14H2,1-2H3,(H,22,23). The zero-order chi connectivity index (χ0) is 16.9. The number of anilines is 1. The largest absolute Gasteiger partial charge is 0.483 e. The van der Waals surface area contributed by atoms with E-state index in [1.54, 1.807) is 0 Å². The summed E-state index contributed by atoms with van der Waals surface area (Å²) in [5.41, 5.74) is 4.71. The quantitative estimate of drug-likeness (QED) is 0.865. The molecule has 0 aliphatic heterocycles. The highest BCUT2D eigenvalue weighted by Gasteiger charge is 2.14. The van der Waals surface area contributed by atoms with Gasteiger partial charge in [-0.25, -0.2) is 0 Å². The van der Waals surface area contributed by atoms with Crippen LogP contribution in [0, 0.1) is 0 Å². The lowest BCUT2D eigenvalue weighted by Gasteiger charge is -2.19. The number of nitrogens with one attached hydrogen (secondary N) is 1. The van der Waals surface area contributed by atoms with E-state index in [0.29, 0.717) is 5.92 Å². The first-order chi connectivity index (χ1) is 11.6. The molecular weight excluding hydrogens is 298 g/mol. The molecule has 3 rings (SSSR count). The van der Waals surface area contributed by atoms with Crippen LogP contribution >= 0.6 is 0 Å². The number of carbonyl (C=O) groups excluding carboxylic acids is 1. The molecule has 0 heterocycles. The van der Waals surface area contributed by atoms with E-state index in [4.69, 9.17) is 4.74 Å². The second-order valence-corrected chi connectivity index (χ2v) is 6.71. The van der Waals surface area contributed by atoms with Crippen molar-refractivity contribution in [1.82, 2.24) is 0 Å². The number of amides is 1. The average Bonchev–Trinajstić information content (AvgIpc) is 2.60. The number of hydrogen-bond donors (Lipinski definition) is 1. The monoisotopic (exact) mass is 323 g/mol.